The van der Waals surface area contributed by atoms with Crippen LogP contribution in [0.3, 0.4) is 0 Å². The third-order valence-electron chi connectivity index (χ3n) is 4.03. The molecule has 1 aliphatic heterocycles. The van der Waals surface area contributed by atoms with Gasteiger partial charge in [0.25, 0.3) is 0 Å². The molecule has 3 rings (SSSR count). The quantitative estimate of drug-likeness (QED) is 0.603. The number of nitrogens with zero attached hydrogens (tertiary/aromatic N) is 5. The van der Waals surface area contributed by atoms with Gasteiger partial charge >= 0.3 is 5.69 Å². The summed E-state index contributed by atoms with van der Waals surface area (Å²) in [4.78, 5) is 26.7. The second kappa shape index (κ2) is 6.80. The van der Waals surface area contributed by atoms with Crippen molar-refractivity contribution in [3.8, 4) is 5.75 Å². The molecule has 25 heavy (non-hydrogen) atoms. The van der Waals surface area contributed by atoms with Crippen LogP contribution in [-0.2, 0) is 11.8 Å². The van der Waals surface area contributed by atoms with Crippen molar-refractivity contribution in [3.05, 3.63) is 40.7 Å². The molecule has 0 saturated carbocycles. The molecule has 9 nitrogen and oxygen atoms in total. The molecule has 0 spiro atoms. The number of aryl methyl sites for hydroxylation is 1. The average Bonchev–Trinajstić information content (AvgIpc) is 3.01. The van der Waals surface area contributed by atoms with Crippen LogP contribution in [0.15, 0.2) is 30.6 Å². The molecule has 132 valence electrons. The maximum absolute atomic E-state index is 12.5. The number of hydrogen-bond donors (Lipinski definition) is 0. The Morgan fingerprint density at radius 2 is 2.12 bits per heavy atom. The van der Waals surface area contributed by atoms with E-state index >= 15 is 0 Å². The topological polar surface area (TPSA) is 93.7 Å². The van der Waals surface area contributed by atoms with Gasteiger partial charge in [-0.1, -0.05) is 0 Å². The van der Waals surface area contributed by atoms with Crippen LogP contribution in [0, 0.1) is 10.1 Å². The molecule has 0 bridgehead atoms. The third-order valence-corrected chi connectivity index (χ3v) is 4.03. The standard InChI is InChI=1S/C16H19N5O4/c1-3-25-15-8-12(4-5-14(15)21(23)24)19-6-7-20(16(22)11-19)13-9-17-18(2)10-13/h4-5,8-10H,3,6-7,11H2,1-2H3. The number of anilines is 2. The monoisotopic (exact) mass is 345 g/mol. The molecule has 1 aliphatic rings. The van der Waals surface area contributed by atoms with E-state index in [1.807, 2.05) is 4.90 Å². The lowest BCUT2D eigenvalue weighted by atomic mass is 10.2. The zero-order valence-corrected chi connectivity index (χ0v) is 14.1. The minimum atomic E-state index is -0.472. The van der Waals surface area contributed by atoms with Crippen LogP contribution in [-0.4, -0.2) is 46.9 Å². The van der Waals surface area contributed by atoms with Gasteiger partial charge in [0.1, 0.15) is 0 Å². The van der Waals surface area contributed by atoms with Gasteiger partial charge < -0.3 is 14.5 Å². The second-order valence-electron chi connectivity index (χ2n) is 5.68. The predicted molar refractivity (Wildman–Crippen MR) is 92.0 cm³/mol. The van der Waals surface area contributed by atoms with E-state index in [9.17, 15) is 14.9 Å². The zero-order chi connectivity index (χ0) is 18.0. The van der Waals surface area contributed by atoms with E-state index in [1.165, 1.54) is 6.07 Å². The minimum Gasteiger partial charge on any atom is -0.487 e. The highest BCUT2D eigenvalue weighted by molar-refractivity contribution is 5.97. The van der Waals surface area contributed by atoms with E-state index in [4.69, 9.17) is 4.74 Å². The third kappa shape index (κ3) is 3.39. The maximum Gasteiger partial charge on any atom is 0.311 e. The van der Waals surface area contributed by atoms with Crippen molar-refractivity contribution in [1.29, 1.82) is 0 Å². The van der Waals surface area contributed by atoms with E-state index in [1.54, 1.807) is 48.1 Å². The van der Waals surface area contributed by atoms with Gasteiger partial charge in [0.15, 0.2) is 5.75 Å². The summed E-state index contributed by atoms with van der Waals surface area (Å²) >= 11 is 0. The van der Waals surface area contributed by atoms with Gasteiger partial charge in [-0.25, -0.2) is 0 Å². The number of piperazine rings is 1. The number of hydrogen-bond acceptors (Lipinski definition) is 6. The molecule has 1 fully saturated rings. The fraction of sp³-hybridized carbons (Fsp3) is 0.375. The Morgan fingerprint density at radius 3 is 2.72 bits per heavy atom. The molecule has 0 N–H and O–H groups in total. The minimum absolute atomic E-state index is 0.0458. The van der Waals surface area contributed by atoms with Crippen molar-refractivity contribution in [2.24, 2.45) is 7.05 Å². The fourth-order valence-electron chi connectivity index (χ4n) is 2.84. The number of carbonyl (C=O) groups is 1. The van der Waals surface area contributed by atoms with Gasteiger partial charge in [0, 0.05) is 44.2 Å². The SMILES string of the molecule is CCOc1cc(N2CCN(c3cnn(C)c3)C(=O)C2)ccc1[N+](=O)[O-]. The van der Waals surface area contributed by atoms with Gasteiger partial charge in [-0.05, 0) is 13.0 Å². The molecule has 0 atom stereocenters. The number of carbonyl (C=O) groups excluding carboxylic acids is 1. The largest absolute Gasteiger partial charge is 0.487 e. The Hall–Kier alpha value is -3.10. The number of rotatable bonds is 5. The highest BCUT2D eigenvalue weighted by Crippen LogP contribution is 2.32. The lowest BCUT2D eigenvalue weighted by Crippen LogP contribution is -2.50. The summed E-state index contributed by atoms with van der Waals surface area (Å²) < 4.78 is 7.03. The number of amides is 1. The number of nitro benzene ring substituents is 1. The highest BCUT2D eigenvalue weighted by Gasteiger charge is 2.27. The van der Waals surface area contributed by atoms with Crippen LogP contribution in [0.25, 0.3) is 0 Å². The molecule has 9 heteroatoms. The van der Waals surface area contributed by atoms with Crippen LogP contribution in [0.4, 0.5) is 17.1 Å². The van der Waals surface area contributed by atoms with Crippen molar-refractivity contribution in [3.63, 3.8) is 0 Å². The average molecular weight is 345 g/mol. The number of ether oxygens (including phenoxy) is 1. The van der Waals surface area contributed by atoms with E-state index < -0.39 is 4.92 Å². The molecule has 1 amide bonds. The molecular weight excluding hydrogens is 326 g/mol. The lowest BCUT2D eigenvalue weighted by molar-refractivity contribution is -0.385. The summed E-state index contributed by atoms with van der Waals surface area (Å²) in [6.07, 6.45) is 3.46. The van der Waals surface area contributed by atoms with Crippen molar-refractivity contribution in [1.82, 2.24) is 9.78 Å². The summed E-state index contributed by atoms with van der Waals surface area (Å²) in [6, 6.07) is 4.68. The molecule has 2 heterocycles. The van der Waals surface area contributed by atoms with Gasteiger partial charge in [0.2, 0.25) is 5.91 Å². The van der Waals surface area contributed by atoms with Gasteiger partial charge in [-0.3, -0.25) is 19.6 Å². The Bertz CT molecular complexity index is 804. The Balaban J connectivity index is 1.78. The van der Waals surface area contributed by atoms with Gasteiger partial charge in [-0.15, -0.1) is 0 Å². The molecule has 1 aromatic heterocycles. The molecular formula is C16H19N5O4. The summed E-state index contributed by atoms with van der Waals surface area (Å²) in [6.45, 7) is 3.43. The van der Waals surface area contributed by atoms with Crippen LogP contribution in [0.2, 0.25) is 0 Å². The van der Waals surface area contributed by atoms with Crippen molar-refractivity contribution >= 4 is 23.0 Å². The molecule has 0 unspecified atom stereocenters. The number of nitro groups is 1. The second-order valence-corrected chi connectivity index (χ2v) is 5.68. The molecule has 1 aromatic carbocycles. The van der Waals surface area contributed by atoms with E-state index in [0.29, 0.717) is 19.7 Å². The molecule has 2 aromatic rings. The number of aromatic nitrogens is 2. The first kappa shape index (κ1) is 16.7. The normalized spacial score (nSPS) is 14.7. The summed E-state index contributed by atoms with van der Waals surface area (Å²) in [5.74, 6) is 0.169. The van der Waals surface area contributed by atoms with Gasteiger partial charge in [-0.2, -0.15) is 5.10 Å². The first-order chi connectivity index (χ1) is 12.0. The smallest absolute Gasteiger partial charge is 0.311 e. The fourth-order valence-corrected chi connectivity index (χ4v) is 2.84. The Labute approximate surface area is 144 Å². The summed E-state index contributed by atoms with van der Waals surface area (Å²) in [7, 11) is 1.80. The van der Waals surface area contributed by atoms with Crippen molar-refractivity contribution in [2.45, 2.75) is 6.92 Å². The highest BCUT2D eigenvalue weighted by atomic mass is 16.6. The van der Waals surface area contributed by atoms with E-state index in [2.05, 4.69) is 5.10 Å². The first-order valence-corrected chi connectivity index (χ1v) is 7.94. The van der Waals surface area contributed by atoms with Crippen LogP contribution in [0.5, 0.6) is 5.75 Å². The predicted octanol–water partition coefficient (Wildman–Crippen LogP) is 1.58. The Kier molecular flexibility index (Phi) is 4.55. The van der Waals surface area contributed by atoms with E-state index in [-0.39, 0.29) is 23.9 Å². The zero-order valence-electron chi connectivity index (χ0n) is 14.1. The molecule has 0 radical (unpaired) electrons. The van der Waals surface area contributed by atoms with Crippen LogP contribution in [0.1, 0.15) is 6.92 Å². The summed E-state index contributed by atoms with van der Waals surface area (Å²) in [5.41, 5.74) is 1.42. The maximum atomic E-state index is 12.5. The van der Waals surface area contributed by atoms with E-state index in [0.717, 1.165) is 11.4 Å². The van der Waals surface area contributed by atoms with Crippen molar-refractivity contribution < 1.29 is 14.5 Å². The van der Waals surface area contributed by atoms with Crippen molar-refractivity contribution in [2.75, 3.05) is 36.0 Å². The summed E-state index contributed by atoms with van der Waals surface area (Å²) in [5, 5.41) is 15.2. The van der Waals surface area contributed by atoms with Gasteiger partial charge in [0.05, 0.1) is 30.0 Å². The van der Waals surface area contributed by atoms with Crippen LogP contribution >= 0.6 is 0 Å². The lowest BCUT2D eigenvalue weighted by Gasteiger charge is -2.35. The molecule has 1 saturated heterocycles. The molecule has 0 aliphatic carbocycles. The first-order valence-electron chi connectivity index (χ1n) is 7.94. The van der Waals surface area contributed by atoms with Crippen LogP contribution < -0.4 is 14.5 Å². The Morgan fingerprint density at radius 1 is 1.32 bits per heavy atom. The number of benzene rings is 1.